The number of thioether (sulfide) groups is 1. The molecule has 7 heteroatoms. The predicted molar refractivity (Wildman–Crippen MR) is 122 cm³/mol. The van der Waals surface area contributed by atoms with Crippen molar-refractivity contribution in [3.63, 3.8) is 0 Å². The molecular formula is C22H35N3O3S. The summed E-state index contributed by atoms with van der Waals surface area (Å²) >= 11 is 1.74. The molecule has 0 aromatic heterocycles. The van der Waals surface area contributed by atoms with E-state index in [1.54, 1.807) is 30.0 Å². The third-order valence-corrected chi connectivity index (χ3v) is 5.82. The van der Waals surface area contributed by atoms with Gasteiger partial charge in [-0.3, -0.25) is 10.1 Å². The number of nitro benzene ring substituents is 1. The number of aliphatic imine (C=N–C) groups is 1. The van der Waals surface area contributed by atoms with Crippen molar-refractivity contribution in [2.45, 2.75) is 79.1 Å². The Morgan fingerprint density at radius 3 is 2.45 bits per heavy atom. The maximum absolute atomic E-state index is 11.2. The fourth-order valence-electron chi connectivity index (χ4n) is 3.53. The Morgan fingerprint density at radius 1 is 1.28 bits per heavy atom. The average molecular weight is 422 g/mol. The molecule has 162 valence electrons. The average Bonchev–Trinajstić information content (AvgIpc) is 2.95. The van der Waals surface area contributed by atoms with Crippen LogP contribution in [0.25, 0.3) is 0 Å². The van der Waals surface area contributed by atoms with E-state index in [4.69, 9.17) is 9.73 Å². The quantitative estimate of drug-likeness (QED) is 0.400. The van der Waals surface area contributed by atoms with Gasteiger partial charge in [-0.1, -0.05) is 39.5 Å². The van der Waals surface area contributed by atoms with E-state index < -0.39 is 0 Å². The highest BCUT2D eigenvalue weighted by atomic mass is 32.2. The molecule has 1 aromatic rings. The van der Waals surface area contributed by atoms with Crippen LogP contribution in [0.1, 0.15) is 66.9 Å². The zero-order valence-electron chi connectivity index (χ0n) is 18.9. The molecule has 1 aromatic carbocycles. The normalized spacial score (nSPS) is 20.1. The number of non-ortho nitro benzene ring substituents is 1. The van der Waals surface area contributed by atoms with Gasteiger partial charge in [-0.05, 0) is 51.2 Å². The van der Waals surface area contributed by atoms with Crippen LogP contribution < -0.4 is 0 Å². The van der Waals surface area contributed by atoms with Gasteiger partial charge in [0.15, 0.2) is 5.17 Å². The molecule has 0 radical (unpaired) electrons. The molecule has 29 heavy (non-hydrogen) atoms. The Labute approximate surface area is 179 Å². The number of hydrogen-bond donors (Lipinski definition) is 0. The Bertz CT molecular complexity index is 756. The molecule has 1 aliphatic rings. The Kier molecular flexibility index (Phi) is 7.74. The molecular weight excluding hydrogens is 386 g/mol. The summed E-state index contributed by atoms with van der Waals surface area (Å²) in [5.41, 5.74) is 1.63. The van der Waals surface area contributed by atoms with Crippen LogP contribution in [0.4, 0.5) is 11.4 Å². The summed E-state index contributed by atoms with van der Waals surface area (Å²) in [6.07, 6.45) is 0.0791. The zero-order valence-corrected chi connectivity index (χ0v) is 19.7. The van der Waals surface area contributed by atoms with E-state index in [0.717, 1.165) is 28.7 Å². The van der Waals surface area contributed by atoms with Gasteiger partial charge >= 0.3 is 0 Å². The number of nitrogens with zero attached hydrogens (tertiary/aromatic N) is 3. The number of amidine groups is 1. The minimum atomic E-state index is -0.347. The summed E-state index contributed by atoms with van der Waals surface area (Å²) in [5, 5.41) is 12.2. The molecule has 0 saturated carbocycles. The van der Waals surface area contributed by atoms with E-state index in [1.165, 1.54) is 0 Å². The van der Waals surface area contributed by atoms with Crippen LogP contribution in [-0.2, 0) is 4.74 Å². The maximum atomic E-state index is 11.2. The molecule has 1 fully saturated rings. The summed E-state index contributed by atoms with van der Waals surface area (Å²) in [7, 11) is 0. The van der Waals surface area contributed by atoms with E-state index in [9.17, 15) is 10.1 Å². The second-order valence-electron chi connectivity index (χ2n) is 9.41. The first-order valence-electron chi connectivity index (χ1n) is 10.3. The lowest BCUT2D eigenvalue weighted by atomic mass is 10.0. The molecule has 2 atom stereocenters. The Balaban J connectivity index is 2.39. The van der Waals surface area contributed by atoms with Crippen molar-refractivity contribution in [2.24, 2.45) is 10.9 Å². The Morgan fingerprint density at radius 2 is 1.93 bits per heavy atom. The fraction of sp³-hybridized carbons (Fsp3) is 0.682. The number of nitro groups is 1. The molecule has 0 bridgehead atoms. The predicted octanol–water partition coefficient (Wildman–Crippen LogP) is 5.98. The van der Waals surface area contributed by atoms with Gasteiger partial charge in [-0.25, -0.2) is 4.99 Å². The van der Waals surface area contributed by atoms with Gasteiger partial charge in [-0.2, -0.15) is 0 Å². The number of rotatable bonds is 7. The van der Waals surface area contributed by atoms with Gasteiger partial charge in [0.25, 0.3) is 5.69 Å². The molecule has 2 rings (SSSR count). The van der Waals surface area contributed by atoms with E-state index in [1.807, 2.05) is 13.8 Å². The minimum Gasteiger partial charge on any atom is -0.371 e. The summed E-state index contributed by atoms with van der Waals surface area (Å²) in [6, 6.07) is 5.22. The van der Waals surface area contributed by atoms with Gasteiger partial charge in [0.1, 0.15) is 0 Å². The molecule has 1 heterocycles. The monoisotopic (exact) mass is 421 g/mol. The summed E-state index contributed by atoms with van der Waals surface area (Å²) in [5.74, 6) is 1.56. The Hall–Kier alpha value is -1.60. The first-order valence-corrected chi connectivity index (χ1v) is 11.3. The lowest BCUT2D eigenvalue weighted by molar-refractivity contribution is -0.384. The molecule has 1 saturated heterocycles. The van der Waals surface area contributed by atoms with E-state index in [0.29, 0.717) is 5.92 Å². The first-order chi connectivity index (χ1) is 13.4. The lowest BCUT2D eigenvalue weighted by Crippen LogP contribution is -2.46. The summed E-state index contributed by atoms with van der Waals surface area (Å²) in [6.45, 7) is 17.8. The number of hydrogen-bond acceptors (Lipinski definition) is 5. The largest absolute Gasteiger partial charge is 0.371 e. The summed E-state index contributed by atoms with van der Waals surface area (Å²) < 4.78 is 6.25. The zero-order chi connectivity index (χ0) is 21.9. The van der Waals surface area contributed by atoms with Crippen molar-refractivity contribution < 1.29 is 9.66 Å². The topological polar surface area (TPSA) is 68.0 Å². The van der Waals surface area contributed by atoms with Gasteiger partial charge in [0.2, 0.25) is 0 Å². The van der Waals surface area contributed by atoms with E-state index >= 15 is 0 Å². The van der Waals surface area contributed by atoms with Gasteiger partial charge in [0, 0.05) is 24.4 Å². The van der Waals surface area contributed by atoms with Crippen molar-refractivity contribution in [3.8, 4) is 0 Å². The highest BCUT2D eigenvalue weighted by molar-refractivity contribution is 8.14. The first kappa shape index (κ1) is 23.7. The molecule has 6 nitrogen and oxygen atoms in total. The van der Waals surface area contributed by atoms with E-state index in [2.05, 4.69) is 46.4 Å². The lowest BCUT2D eigenvalue weighted by Gasteiger charge is -2.35. The van der Waals surface area contributed by atoms with Crippen LogP contribution in [0.5, 0.6) is 0 Å². The molecule has 0 aliphatic carbocycles. The fourth-order valence-corrected chi connectivity index (χ4v) is 4.84. The number of ether oxygens (including phenoxy) is 1. The van der Waals surface area contributed by atoms with E-state index in [-0.39, 0.29) is 34.3 Å². The van der Waals surface area contributed by atoms with Crippen molar-refractivity contribution in [1.29, 1.82) is 0 Å². The summed E-state index contributed by atoms with van der Waals surface area (Å²) in [4.78, 5) is 18.2. The van der Waals surface area contributed by atoms with Crippen molar-refractivity contribution >= 4 is 28.3 Å². The standard InChI is InChI=1S/C22H35N3O3S/c1-14(2)12-24-20(16(5)28-22(6,7)8)13-29-21(24)23-19-10-9-17(25(26)27)11-18(19)15(3)4/h9-11,14-16,20H,12-13H2,1-8H3. The van der Waals surface area contributed by atoms with Gasteiger partial charge in [-0.15, -0.1) is 0 Å². The van der Waals surface area contributed by atoms with Crippen LogP contribution >= 0.6 is 11.8 Å². The highest BCUT2D eigenvalue weighted by Gasteiger charge is 2.36. The number of benzene rings is 1. The van der Waals surface area contributed by atoms with Gasteiger partial charge in [0.05, 0.1) is 28.4 Å². The van der Waals surface area contributed by atoms with Gasteiger partial charge < -0.3 is 9.64 Å². The third kappa shape index (κ3) is 6.44. The van der Waals surface area contributed by atoms with Crippen molar-refractivity contribution in [3.05, 3.63) is 33.9 Å². The molecule has 1 aliphatic heterocycles. The minimum absolute atomic E-state index is 0.0791. The molecule has 2 unspecified atom stereocenters. The highest BCUT2D eigenvalue weighted by Crippen LogP contribution is 2.35. The SMILES string of the molecule is CC(C)CN1C(=Nc2ccc([N+](=O)[O-])cc2C(C)C)SCC1C(C)OC(C)(C)C. The van der Waals surface area contributed by atoms with Crippen LogP contribution in [-0.4, -0.2) is 45.0 Å². The van der Waals surface area contributed by atoms with Crippen molar-refractivity contribution in [1.82, 2.24) is 4.90 Å². The molecule has 0 amide bonds. The van der Waals surface area contributed by atoms with Crippen LogP contribution in [0, 0.1) is 16.0 Å². The second-order valence-corrected chi connectivity index (χ2v) is 10.4. The molecule has 0 spiro atoms. The van der Waals surface area contributed by atoms with Crippen LogP contribution in [0.2, 0.25) is 0 Å². The van der Waals surface area contributed by atoms with Crippen molar-refractivity contribution in [2.75, 3.05) is 12.3 Å². The van der Waals surface area contributed by atoms with Crippen LogP contribution in [0.3, 0.4) is 0 Å². The second kappa shape index (κ2) is 9.47. The third-order valence-electron chi connectivity index (χ3n) is 4.73. The molecule has 0 N–H and O–H groups in total. The maximum Gasteiger partial charge on any atom is 0.269 e. The van der Waals surface area contributed by atoms with Crippen LogP contribution in [0.15, 0.2) is 23.2 Å². The smallest absolute Gasteiger partial charge is 0.269 e.